The largest absolute Gasteiger partial charge is 0.416 e. The fraction of sp³-hybridized carbons (Fsp3) is 0.474. The third-order valence-corrected chi connectivity index (χ3v) is 5.20. The van der Waals surface area contributed by atoms with Gasteiger partial charge in [-0.1, -0.05) is 6.07 Å². The Kier molecular flexibility index (Phi) is 10.4. The van der Waals surface area contributed by atoms with Crippen LogP contribution in [0.2, 0.25) is 0 Å². The monoisotopic (exact) mass is 560 g/mol. The van der Waals surface area contributed by atoms with Gasteiger partial charge in [0, 0.05) is 26.1 Å². The van der Waals surface area contributed by atoms with Crippen molar-refractivity contribution >= 4 is 41.3 Å². The molecule has 30 heavy (non-hydrogen) atoms. The Labute approximate surface area is 194 Å². The normalized spacial score (nSPS) is 13.0. The van der Waals surface area contributed by atoms with E-state index < -0.39 is 17.6 Å². The van der Waals surface area contributed by atoms with Crippen LogP contribution < -0.4 is 5.32 Å². The number of hydrogen-bond acceptors (Lipinski definition) is 4. The van der Waals surface area contributed by atoms with Crippen LogP contribution in [0, 0.1) is 5.82 Å². The number of thiazole rings is 1. The van der Waals surface area contributed by atoms with Gasteiger partial charge in [0.2, 0.25) is 0 Å². The molecule has 0 fully saturated rings. The minimum absolute atomic E-state index is 0. The number of aliphatic imine (C=N–C) groups is 1. The van der Waals surface area contributed by atoms with Crippen molar-refractivity contribution in [2.45, 2.75) is 39.2 Å². The van der Waals surface area contributed by atoms with Crippen molar-refractivity contribution in [2.24, 2.45) is 4.99 Å². The second kappa shape index (κ2) is 11.8. The third-order valence-electron chi connectivity index (χ3n) is 4.14. The van der Waals surface area contributed by atoms with Gasteiger partial charge in [-0.3, -0.25) is 0 Å². The first-order chi connectivity index (χ1) is 13.7. The number of nitrogens with zero attached hydrogens (tertiary/aromatic N) is 3. The van der Waals surface area contributed by atoms with Crippen LogP contribution in [0.25, 0.3) is 0 Å². The average Bonchev–Trinajstić information content (AvgIpc) is 3.12. The molecule has 0 aliphatic rings. The third kappa shape index (κ3) is 7.34. The zero-order valence-electron chi connectivity index (χ0n) is 17.1. The van der Waals surface area contributed by atoms with Gasteiger partial charge >= 0.3 is 6.18 Å². The standard InChI is InChI=1S/C19H24F4N4OS.HI/c1-5-24-18(27(3)10-15-11-29-17(26-15)12(2)28-4)25-9-13-6-7-14(20)8-16(13)19(21,22)23;/h6-8,11-12H,5,9-10H2,1-4H3,(H,24,25);1H. The number of methoxy groups -OCH3 is 1. The van der Waals surface area contributed by atoms with Crippen LogP contribution in [0.3, 0.4) is 0 Å². The van der Waals surface area contributed by atoms with Crippen LogP contribution in [0.5, 0.6) is 0 Å². The van der Waals surface area contributed by atoms with E-state index in [2.05, 4.69) is 15.3 Å². The molecule has 0 saturated heterocycles. The number of rotatable bonds is 7. The molecule has 1 aromatic carbocycles. The molecular formula is C19H25F4IN4OS. The van der Waals surface area contributed by atoms with Gasteiger partial charge in [0.1, 0.15) is 16.9 Å². The topological polar surface area (TPSA) is 49.8 Å². The molecular weight excluding hydrogens is 535 g/mol. The molecule has 2 rings (SSSR count). The first kappa shape index (κ1) is 26.6. The molecule has 11 heteroatoms. The van der Waals surface area contributed by atoms with E-state index in [4.69, 9.17) is 4.74 Å². The molecule has 5 nitrogen and oxygen atoms in total. The number of nitrogens with one attached hydrogen (secondary N) is 1. The summed E-state index contributed by atoms with van der Waals surface area (Å²) in [7, 11) is 3.38. The van der Waals surface area contributed by atoms with Gasteiger partial charge in [0.25, 0.3) is 0 Å². The predicted octanol–water partition coefficient (Wildman–Crippen LogP) is 5.22. The van der Waals surface area contributed by atoms with Crippen molar-refractivity contribution in [2.75, 3.05) is 20.7 Å². The molecule has 1 heterocycles. The lowest BCUT2D eigenvalue weighted by Crippen LogP contribution is -2.38. The van der Waals surface area contributed by atoms with E-state index in [-0.39, 0.29) is 42.2 Å². The maximum absolute atomic E-state index is 13.3. The van der Waals surface area contributed by atoms with Gasteiger partial charge < -0.3 is 15.0 Å². The van der Waals surface area contributed by atoms with E-state index in [1.807, 2.05) is 19.2 Å². The molecule has 2 aromatic rings. The SMILES string of the molecule is CCNC(=NCc1ccc(F)cc1C(F)(F)F)N(C)Cc1csc(C(C)OC)n1.I. The van der Waals surface area contributed by atoms with Crippen LogP contribution in [0.15, 0.2) is 28.6 Å². The van der Waals surface area contributed by atoms with Crippen molar-refractivity contribution in [3.05, 3.63) is 51.2 Å². The highest BCUT2D eigenvalue weighted by Gasteiger charge is 2.33. The Morgan fingerprint density at radius 1 is 1.37 bits per heavy atom. The highest BCUT2D eigenvalue weighted by Crippen LogP contribution is 2.33. The first-order valence-electron chi connectivity index (χ1n) is 8.97. The van der Waals surface area contributed by atoms with Gasteiger partial charge in [-0.25, -0.2) is 14.4 Å². The fourth-order valence-electron chi connectivity index (χ4n) is 2.58. The Morgan fingerprint density at radius 2 is 2.07 bits per heavy atom. The summed E-state index contributed by atoms with van der Waals surface area (Å²) in [5, 5.41) is 5.81. The quantitative estimate of drug-likeness (QED) is 0.218. The molecule has 168 valence electrons. The summed E-state index contributed by atoms with van der Waals surface area (Å²) in [6, 6.07) is 2.61. The van der Waals surface area contributed by atoms with E-state index in [1.165, 1.54) is 11.3 Å². The number of halogens is 5. The van der Waals surface area contributed by atoms with Crippen LogP contribution in [-0.4, -0.2) is 36.5 Å². The van der Waals surface area contributed by atoms with E-state index in [0.717, 1.165) is 22.8 Å². The Balaban J connectivity index is 0.00000450. The smallest absolute Gasteiger partial charge is 0.375 e. The summed E-state index contributed by atoms with van der Waals surface area (Å²) in [5.41, 5.74) is -0.301. The number of guanidine groups is 1. The summed E-state index contributed by atoms with van der Waals surface area (Å²) >= 11 is 1.48. The maximum atomic E-state index is 13.3. The molecule has 1 unspecified atom stereocenters. The van der Waals surface area contributed by atoms with Crippen molar-refractivity contribution in [3.63, 3.8) is 0 Å². The van der Waals surface area contributed by atoms with Crippen molar-refractivity contribution in [1.29, 1.82) is 0 Å². The Morgan fingerprint density at radius 3 is 2.67 bits per heavy atom. The molecule has 0 aliphatic carbocycles. The second-order valence-electron chi connectivity index (χ2n) is 6.38. The van der Waals surface area contributed by atoms with Gasteiger partial charge in [0.05, 0.1) is 24.3 Å². The molecule has 0 spiro atoms. The summed E-state index contributed by atoms with van der Waals surface area (Å²) in [6.07, 6.45) is -4.76. The molecule has 0 aliphatic heterocycles. The van der Waals surface area contributed by atoms with Crippen molar-refractivity contribution < 1.29 is 22.3 Å². The maximum Gasteiger partial charge on any atom is 0.416 e. The van der Waals surface area contributed by atoms with Gasteiger partial charge in [-0.15, -0.1) is 35.3 Å². The lowest BCUT2D eigenvalue weighted by Gasteiger charge is -2.21. The predicted molar refractivity (Wildman–Crippen MR) is 121 cm³/mol. The minimum atomic E-state index is -4.65. The summed E-state index contributed by atoms with van der Waals surface area (Å²) in [4.78, 5) is 10.6. The molecule has 1 N–H and O–H groups in total. The number of aromatic nitrogens is 1. The number of alkyl halides is 3. The van der Waals surface area contributed by atoms with Crippen LogP contribution in [-0.2, 0) is 24.0 Å². The summed E-state index contributed by atoms with van der Waals surface area (Å²) in [5.74, 6) is -0.502. The molecule has 0 amide bonds. The zero-order valence-corrected chi connectivity index (χ0v) is 20.2. The van der Waals surface area contributed by atoms with Gasteiger partial charge in [-0.05, 0) is 31.5 Å². The molecule has 0 radical (unpaired) electrons. The summed E-state index contributed by atoms with van der Waals surface area (Å²) < 4.78 is 58.1. The number of benzene rings is 1. The summed E-state index contributed by atoms with van der Waals surface area (Å²) in [6.45, 7) is 4.50. The van der Waals surface area contributed by atoms with Gasteiger partial charge in [-0.2, -0.15) is 13.2 Å². The van der Waals surface area contributed by atoms with E-state index in [1.54, 1.807) is 19.1 Å². The minimum Gasteiger partial charge on any atom is -0.375 e. The highest BCUT2D eigenvalue weighted by molar-refractivity contribution is 14.0. The fourth-order valence-corrected chi connectivity index (χ4v) is 3.42. The van der Waals surface area contributed by atoms with E-state index in [9.17, 15) is 17.6 Å². The second-order valence-corrected chi connectivity index (χ2v) is 7.27. The molecule has 0 saturated carbocycles. The van der Waals surface area contributed by atoms with Gasteiger partial charge in [0.15, 0.2) is 5.96 Å². The number of ether oxygens (including phenoxy) is 1. The van der Waals surface area contributed by atoms with E-state index >= 15 is 0 Å². The molecule has 0 bridgehead atoms. The van der Waals surface area contributed by atoms with E-state index in [0.29, 0.717) is 25.1 Å². The lowest BCUT2D eigenvalue weighted by molar-refractivity contribution is -0.138. The Bertz CT molecular complexity index is 844. The first-order valence-corrected chi connectivity index (χ1v) is 9.85. The van der Waals surface area contributed by atoms with Crippen molar-refractivity contribution in [3.8, 4) is 0 Å². The Hall–Kier alpha value is -1.47. The number of hydrogen-bond donors (Lipinski definition) is 1. The average molecular weight is 560 g/mol. The molecule has 1 atom stereocenters. The van der Waals surface area contributed by atoms with Crippen molar-refractivity contribution in [1.82, 2.24) is 15.2 Å². The van der Waals surface area contributed by atoms with Crippen LogP contribution in [0.4, 0.5) is 17.6 Å². The van der Waals surface area contributed by atoms with Crippen LogP contribution >= 0.6 is 35.3 Å². The lowest BCUT2D eigenvalue weighted by atomic mass is 10.1. The highest BCUT2D eigenvalue weighted by atomic mass is 127. The molecule has 1 aromatic heterocycles. The van der Waals surface area contributed by atoms with Crippen LogP contribution in [0.1, 0.15) is 41.8 Å². The zero-order chi connectivity index (χ0) is 21.6.